The molecular weight excluding hydrogens is 376 g/mol. The van der Waals surface area contributed by atoms with E-state index in [9.17, 15) is 9.59 Å². The molecule has 142 valence electrons. The number of imidazole rings is 1. The zero-order valence-corrected chi connectivity index (χ0v) is 16.2. The first-order valence-electron chi connectivity index (χ1n) is 9.13. The van der Waals surface area contributed by atoms with Crippen molar-refractivity contribution in [1.82, 2.24) is 20.0 Å². The molecule has 2 aliphatic rings. The maximum atomic E-state index is 12.4. The van der Waals surface area contributed by atoms with Crippen LogP contribution in [-0.2, 0) is 9.59 Å². The van der Waals surface area contributed by atoms with Crippen LogP contribution in [0.25, 0.3) is 22.2 Å². The third-order valence-electron chi connectivity index (χ3n) is 5.26. The van der Waals surface area contributed by atoms with Gasteiger partial charge < -0.3 is 14.4 Å². The van der Waals surface area contributed by atoms with Crippen molar-refractivity contribution in [2.75, 3.05) is 0 Å². The second-order valence-corrected chi connectivity index (χ2v) is 8.09. The summed E-state index contributed by atoms with van der Waals surface area (Å²) in [7, 11) is 0. The number of amides is 1. The predicted octanol–water partition coefficient (Wildman–Crippen LogP) is 3.59. The normalized spacial score (nSPS) is 21.8. The molecule has 1 saturated heterocycles. The number of fused-ring (bicyclic) bond motifs is 1. The lowest BCUT2D eigenvalue weighted by atomic mass is 10.0. The summed E-state index contributed by atoms with van der Waals surface area (Å²) in [6.07, 6.45) is 2.75. The molecule has 7 nitrogen and oxygen atoms in total. The number of carbonyl (C=O) groups is 2. The summed E-state index contributed by atoms with van der Waals surface area (Å²) in [5, 5.41) is 8.44. The van der Waals surface area contributed by atoms with E-state index in [1.807, 2.05) is 42.0 Å². The Hall–Kier alpha value is -2.87. The van der Waals surface area contributed by atoms with E-state index in [1.165, 1.54) is 11.8 Å². The van der Waals surface area contributed by atoms with E-state index in [2.05, 4.69) is 10.5 Å². The van der Waals surface area contributed by atoms with Gasteiger partial charge in [-0.1, -0.05) is 11.2 Å². The van der Waals surface area contributed by atoms with Crippen molar-refractivity contribution in [2.24, 2.45) is 0 Å². The second-order valence-electron chi connectivity index (χ2n) is 7.10. The number of nitrogens with zero attached hydrogens (tertiary/aromatic N) is 3. The van der Waals surface area contributed by atoms with Crippen LogP contribution in [-0.4, -0.2) is 26.4 Å². The van der Waals surface area contributed by atoms with E-state index in [0.717, 1.165) is 39.4 Å². The van der Waals surface area contributed by atoms with Gasteiger partial charge in [-0.15, -0.1) is 11.8 Å². The lowest BCUT2D eigenvalue weighted by Gasteiger charge is -2.18. The van der Waals surface area contributed by atoms with Crippen LogP contribution >= 0.6 is 11.8 Å². The molecule has 0 saturated carbocycles. The topological polar surface area (TPSA) is 90.0 Å². The van der Waals surface area contributed by atoms with Crippen LogP contribution in [0.5, 0.6) is 0 Å². The van der Waals surface area contributed by atoms with E-state index >= 15 is 0 Å². The van der Waals surface area contributed by atoms with Gasteiger partial charge in [-0.05, 0) is 49.4 Å². The van der Waals surface area contributed by atoms with Crippen LogP contribution in [0.2, 0.25) is 0 Å². The van der Waals surface area contributed by atoms with E-state index in [4.69, 9.17) is 9.51 Å². The maximum Gasteiger partial charge on any atom is 0.220 e. The van der Waals surface area contributed by atoms with Gasteiger partial charge in [0.2, 0.25) is 5.91 Å². The highest BCUT2D eigenvalue weighted by molar-refractivity contribution is 8.03. The molecule has 0 radical (unpaired) electrons. The smallest absolute Gasteiger partial charge is 0.220 e. The van der Waals surface area contributed by atoms with Crippen molar-refractivity contribution >= 4 is 34.5 Å². The number of ketones is 1. The fraction of sp³-hybridized carbons (Fsp3) is 0.300. The van der Waals surface area contributed by atoms with Gasteiger partial charge in [-0.3, -0.25) is 9.59 Å². The number of allylic oxidation sites excluding steroid dienone is 1. The van der Waals surface area contributed by atoms with Gasteiger partial charge in [-0.2, -0.15) is 0 Å². The second kappa shape index (κ2) is 6.34. The lowest BCUT2D eigenvalue weighted by molar-refractivity contribution is -0.119. The van der Waals surface area contributed by atoms with Crippen LogP contribution in [0.4, 0.5) is 0 Å². The van der Waals surface area contributed by atoms with Crippen LogP contribution < -0.4 is 5.32 Å². The fourth-order valence-corrected chi connectivity index (χ4v) is 4.90. The Morgan fingerprint density at radius 1 is 1.29 bits per heavy atom. The Morgan fingerprint density at radius 3 is 2.79 bits per heavy atom. The van der Waals surface area contributed by atoms with Crippen LogP contribution in [0, 0.1) is 13.8 Å². The summed E-state index contributed by atoms with van der Waals surface area (Å²) in [5.74, 6) is 1.53. The number of hydrogen-bond donors (Lipinski definition) is 1. The zero-order valence-electron chi connectivity index (χ0n) is 15.4. The molecule has 5 rings (SSSR count). The molecule has 8 heteroatoms. The molecule has 4 heterocycles. The average Bonchev–Trinajstić information content (AvgIpc) is 3.42. The van der Waals surface area contributed by atoms with Crippen molar-refractivity contribution < 1.29 is 14.1 Å². The molecule has 2 aliphatic heterocycles. The van der Waals surface area contributed by atoms with Crippen molar-refractivity contribution in [2.45, 2.75) is 38.1 Å². The highest BCUT2D eigenvalue weighted by Crippen LogP contribution is 2.39. The quantitative estimate of drug-likeness (QED) is 0.730. The number of nitrogens with one attached hydrogen (secondary N) is 1. The first-order chi connectivity index (χ1) is 13.5. The highest BCUT2D eigenvalue weighted by Gasteiger charge is 2.33. The molecule has 1 amide bonds. The first-order valence-corrected chi connectivity index (χ1v) is 10.1. The number of benzene rings is 1. The summed E-state index contributed by atoms with van der Waals surface area (Å²) >= 11 is 1.46. The number of aromatic nitrogens is 3. The van der Waals surface area contributed by atoms with E-state index in [1.54, 1.807) is 6.08 Å². The largest absolute Gasteiger partial charge is 0.361 e. The molecule has 1 fully saturated rings. The molecule has 2 aromatic heterocycles. The van der Waals surface area contributed by atoms with Crippen LogP contribution in [0.3, 0.4) is 0 Å². The van der Waals surface area contributed by atoms with Gasteiger partial charge in [0.15, 0.2) is 5.78 Å². The minimum absolute atomic E-state index is 0.0172. The van der Waals surface area contributed by atoms with Gasteiger partial charge in [-0.25, -0.2) is 4.98 Å². The third-order valence-corrected chi connectivity index (χ3v) is 6.26. The average molecular weight is 394 g/mol. The number of rotatable bonds is 3. The van der Waals surface area contributed by atoms with E-state index in [-0.39, 0.29) is 23.1 Å². The maximum absolute atomic E-state index is 12.4. The summed E-state index contributed by atoms with van der Waals surface area (Å²) < 4.78 is 7.27. The molecule has 0 spiro atoms. The molecule has 1 N–H and O–H groups in total. The van der Waals surface area contributed by atoms with Crippen LogP contribution in [0.15, 0.2) is 34.2 Å². The van der Waals surface area contributed by atoms with Crippen molar-refractivity contribution in [3.05, 3.63) is 47.0 Å². The number of carbonyl (C=O) groups excluding carboxylic acids is 2. The van der Waals surface area contributed by atoms with Crippen LogP contribution in [0.1, 0.15) is 41.5 Å². The summed E-state index contributed by atoms with van der Waals surface area (Å²) in [6, 6.07) is 5.80. The minimum Gasteiger partial charge on any atom is -0.361 e. The minimum atomic E-state index is -0.387. The number of hydrogen-bond acceptors (Lipinski definition) is 6. The Bertz CT molecular complexity index is 1140. The molecule has 0 bridgehead atoms. The summed E-state index contributed by atoms with van der Waals surface area (Å²) in [4.78, 5) is 29.0. The molecule has 3 aromatic rings. The zero-order chi connectivity index (χ0) is 19.4. The van der Waals surface area contributed by atoms with Gasteiger partial charge in [0.25, 0.3) is 0 Å². The van der Waals surface area contributed by atoms with Gasteiger partial charge in [0.05, 0.1) is 22.8 Å². The van der Waals surface area contributed by atoms with Gasteiger partial charge in [0, 0.05) is 12.0 Å². The van der Waals surface area contributed by atoms with E-state index < -0.39 is 0 Å². The van der Waals surface area contributed by atoms with E-state index in [0.29, 0.717) is 12.8 Å². The number of aryl methyl sites for hydroxylation is 2. The predicted molar refractivity (Wildman–Crippen MR) is 106 cm³/mol. The standard InChI is InChI=1S/C20H18N4O3S/c1-10-18(11(2)27-23-10)12-3-5-15-14(9-12)22-19(13-4-6-17(26)21-13)24(15)20-16(25)7-8-28-20/h3,5,7-9,13,20H,4,6H2,1-2H3,(H,21,26)/t13-,20-/m0/s1. The lowest BCUT2D eigenvalue weighted by Crippen LogP contribution is -2.24. The first kappa shape index (κ1) is 17.2. The Morgan fingerprint density at radius 2 is 2.14 bits per heavy atom. The summed E-state index contributed by atoms with van der Waals surface area (Å²) in [6.45, 7) is 3.80. The molecule has 0 aliphatic carbocycles. The van der Waals surface area contributed by atoms with Crippen molar-refractivity contribution in [3.63, 3.8) is 0 Å². The Kier molecular flexibility index (Phi) is 3.90. The van der Waals surface area contributed by atoms with Gasteiger partial charge >= 0.3 is 0 Å². The highest BCUT2D eigenvalue weighted by atomic mass is 32.2. The summed E-state index contributed by atoms with van der Waals surface area (Å²) in [5.41, 5.74) is 4.42. The third kappa shape index (κ3) is 2.59. The van der Waals surface area contributed by atoms with Crippen molar-refractivity contribution in [3.8, 4) is 11.1 Å². The molecule has 28 heavy (non-hydrogen) atoms. The number of thioether (sulfide) groups is 1. The SMILES string of the molecule is Cc1noc(C)c1-c1ccc2c(c1)nc([C@@H]1CCC(=O)N1)n2[C@H]1SC=CC1=O. The monoisotopic (exact) mass is 394 g/mol. The molecule has 1 aromatic carbocycles. The molecule has 0 unspecified atom stereocenters. The molecule has 2 atom stereocenters. The van der Waals surface area contributed by atoms with Gasteiger partial charge in [0.1, 0.15) is 17.0 Å². The Labute approximate surface area is 165 Å². The fourth-order valence-electron chi connectivity index (χ4n) is 3.99. The van der Waals surface area contributed by atoms with Crippen molar-refractivity contribution in [1.29, 1.82) is 0 Å². The molecular formula is C20H18N4O3S. The Balaban J connectivity index is 1.69.